The maximum atomic E-state index is 11.9. The lowest BCUT2D eigenvalue weighted by atomic mass is 9.64. The van der Waals surface area contributed by atoms with Crippen molar-refractivity contribution in [3.8, 4) is 0 Å². The molecule has 3 rings (SSSR count). The second-order valence-electron chi connectivity index (χ2n) is 6.57. The fraction of sp³-hybridized carbons (Fsp3) is 0.688. The summed E-state index contributed by atoms with van der Waals surface area (Å²) in [5.41, 5.74) is 5.68. The first-order valence-corrected chi connectivity index (χ1v) is 9.81. The molecule has 0 spiro atoms. The predicted octanol–water partition coefficient (Wildman–Crippen LogP) is 3.33. The lowest BCUT2D eigenvalue weighted by Gasteiger charge is -2.42. The molecule has 2 fully saturated rings. The van der Waals surface area contributed by atoms with Crippen molar-refractivity contribution in [1.29, 1.82) is 0 Å². The Morgan fingerprint density at radius 3 is 2.78 bits per heavy atom. The number of anilines is 1. The highest BCUT2D eigenvalue weighted by Gasteiger charge is 2.40. The molecule has 3 N–H and O–H groups in total. The molecular formula is C16H23ClN4OS. The van der Waals surface area contributed by atoms with Crippen LogP contribution in [-0.2, 0) is 4.79 Å². The number of thioether (sulfide) groups is 1. The predicted molar refractivity (Wildman–Crippen MR) is 93.6 cm³/mol. The molecule has 1 aromatic rings. The van der Waals surface area contributed by atoms with E-state index >= 15 is 0 Å². The van der Waals surface area contributed by atoms with Gasteiger partial charge in [0.05, 0.1) is 11.2 Å². The van der Waals surface area contributed by atoms with E-state index in [1.54, 1.807) is 6.20 Å². The van der Waals surface area contributed by atoms with Crippen molar-refractivity contribution in [3.63, 3.8) is 0 Å². The van der Waals surface area contributed by atoms with Gasteiger partial charge in [0.2, 0.25) is 11.9 Å². The molecule has 0 saturated heterocycles. The zero-order valence-corrected chi connectivity index (χ0v) is 14.9. The van der Waals surface area contributed by atoms with Crippen LogP contribution in [0, 0.1) is 17.8 Å². The first-order chi connectivity index (χ1) is 11.1. The monoisotopic (exact) mass is 354 g/mol. The molecule has 2 aliphatic carbocycles. The topological polar surface area (TPSA) is 80.9 Å². The van der Waals surface area contributed by atoms with E-state index in [0.29, 0.717) is 22.8 Å². The van der Waals surface area contributed by atoms with Gasteiger partial charge in [-0.05, 0) is 37.4 Å². The summed E-state index contributed by atoms with van der Waals surface area (Å²) in [4.78, 5) is 20.6. The van der Waals surface area contributed by atoms with Crippen molar-refractivity contribution in [2.75, 3.05) is 11.6 Å². The number of aromatic nitrogens is 2. The van der Waals surface area contributed by atoms with Crippen molar-refractivity contribution >= 4 is 35.2 Å². The van der Waals surface area contributed by atoms with E-state index in [2.05, 4.69) is 15.3 Å². The molecule has 0 aliphatic heterocycles. The van der Waals surface area contributed by atoms with E-state index in [4.69, 9.17) is 17.3 Å². The summed E-state index contributed by atoms with van der Waals surface area (Å²) in [6.07, 6.45) is 10.2. The van der Waals surface area contributed by atoms with Crippen LogP contribution in [0.15, 0.2) is 11.2 Å². The SMILES string of the molecule is CSc1nc(NC2CCC(C3CCC3)C(C(N)=O)C2)ncc1Cl. The van der Waals surface area contributed by atoms with E-state index in [0.717, 1.165) is 24.3 Å². The number of hydrogen-bond donors (Lipinski definition) is 2. The van der Waals surface area contributed by atoms with Gasteiger partial charge in [-0.3, -0.25) is 4.79 Å². The summed E-state index contributed by atoms with van der Waals surface area (Å²) in [5.74, 6) is 1.55. The van der Waals surface area contributed by atoms with Gasteiger partial charge < -0.3 is 11.1 Å². The number of hydrogen-bond acceptors (Lipinski definition) is 5. The number of nitrogens with two attached hydrogens (primary N) is 1. The second kappa shape index (κ2) is 7.26. The Morgan fingerprint density at radius 2 is 2.17 bits per heavy atom. The molecule has 23 heavy (non-hydrogen) atoms. The Kier molecular flexibility index (Phi) is 5.31. The van der Waals surface area contributed by atoms with Crippen LogP contribution in [0.1, 0.15) is 38.5 Å². The fourth-order valence-electron chi connectivity index (χ4n) is 3.83. The normalized spacial score (nSPS) is 28.2. The van der Waals surface area contributed by atoms with Crippen LogP contribution in [0.4, 0.5) is 5.95 Å². The third kappa shape index (κ3) is 3.74. The molecule has 5 nitrogen and oxygen atoms in total. The molecule has 3 unspecified atom stereocenters. The number of halogens is 1. The van der Waals surface area contributed by atoms with Crippen molar-refractivity contribution in [2.24, 2.45) is 23.5 Å². The number of carbonyl (C=O) groups excluding carboxylic acids is 1. The average molecular weight is 355 g/mol. The van der Waals surface area contributed by atoms with Crippen LogP contribution in [0.25, 0.3) is 0 Å². The molecule has 0 radical (unpaired) electrons. The van der Waals surface area contributed by atoms with Crippen molar-refractivity contribution < 1.29 is 4.79 Å². The molecule has 1 aromatic heterocycles. The van der Waals surface area contributed by atoms with Gasteiger partial charge in [-0.1, -0.05) is 30.9 Å². The number of amides is 1. The molecule has 3 atom stereocenters. The summed E-state index contributed by atoms with van der Waals surface area (Å²) >= 11 is 7.54. The zero-order chi connectivity index (χ0) is 16.4. The Hall–Kier alpha value is -1.01. The molecule has 7 heteroatoms. The molecule has 0 bridgehead atoms. The van der Waals surface area contributed by atoms with Crippen LogP contribution < -0.4 is 11.1 Å². The molecule has 1 heterocycles. The quantitative estimate of drug-likeness (QED) is 0.626. The Balaban J connectivity index is 1.66. The zero-order valence-electron chi connectivity index (χ0n) is 13.3. The van der Waals surface area contributed by atoms with E-state index in [9.17, 15) is 4.79 Å². The van der Waals surface area contributed by atoms with Gasteiger partial charge in [0.15, 0.2) is 0 Å². The van der Waals surface area contributed by atoms with Crippen LogP contribution in [0.3, 0.4) is 0 Å². The first kappa shape index (κ1) is 16.8. The second-order valence-corrected chi connectivity index (χ2v) is 7.77. The highest BCUT2D eigenvalue weighted by Crippen LogP contribution is 2.44. The van der Waals surface area contributed by atoms with Gasteiger partial charge in [-0.25, -0.2) is 9.97 Å². The van der Waals surface area contributed by atoms with Gasteiger partial charge >= 0.3 is 0 Å². The third-order valence-electron chi connectivity index (χ3n) is 5.26. The average Bonchev–Trinajstić information content (AvgIpc) is 2.48. The standard InChI is InChI=1S/C16H23ClN4OS/c1-23-15-13(17)8-19-16(21-15)20-10-5-6-11(9-3-2-4-9)12(7-10)14(18)22/h8-12H,2-7H2,1H3,(H2,18,22)(H,19,20,21). The largest absolute Gasteiger partial charge is 0.369 e. The Morgan fingerprint density at radius 1 is 1.39 bits per heavy atom. The molecule has 1 amide bonds. The number of carbonyl (C=O) groups is 1. The molecular weight excluding hydrogens is 332 g/mol. The molecule has 126 valence electrons. The molecule has 0 aromatic carbocycles. The first-order valence-electron chi connectivity index (χ1n) is 8.21. The minimum absolute atomic E-state index is 0.0288. The lowest BCUT2D eigenvalue weighted by molar-refractivity contribution is -0.126. The number of nitrogens with zero attached hydrogens (tertiary/aromatic N) is 2. The summed E-state index contributed by atoms with van der Waals surface area (Å²) < 4.78 is 0. The highest BCUT2D eigenvalue weighted by atomic mass is 35.5. The van der Waals surface area contributed by atoms with Crippen molar-refractivity contribution in [3.05, 3.63) is 11.2 Å². The number of nitrogens with one attached hydrogen (secondary N) is 1. The maximum absolute atomic E-state index is 11.9. The lowest BCUT2D eigenvalue weighted by Crippen LogP contribution is -2.43. The number of rotatable bonds is 5. The third-order valence-corrected chi connectivity index (χ3v) is 6.35. The molecule has 2 saturated carbocycles. The smallest absolute Gasteiger partial charge is 0.224 e. The van der Waals surface area contributed by atoms with Gasteiger partial charge in [0.25, 0.3) is 0 Å². The minimum Gasteiger partial charge on any atom is -0.369 e. The van der Waals surface area contributed by atoms with Gasteiger partial charge in [0, 0.05) is 12.0 Å². The fourth-order valence-corrected chi connectivity index (χ4v) is 4.58. The van der Waals surface area contributed by atoms with E-state index < -0.39 is 0 Å². The van der Waals surface area contributed by atoms with Crippen LogP contribution >= 0.6 is 23.4 Å². The maximum Gasteiger partial charge on any atom is 0.224 e. The van der Waals surface area contributed by atoms with E-state index in [-0.39, 0.29) is 17.9 Å². The van der Waals surface area contributed by atoms with Crippen molar-refractivity contribution in [2.45, 2.75) is 49.6 Å². The van der Waals surface area contributed by atoms with Gasteiger partial charge in [-0.15, -0.1) is 11.8 Å². The summed E-state index contributed by atoms with van der Waals surface area (Å²) in [6, 6.07) is 0.194. The van der Waals surface area contributed by atoms with Crippen molar-refractivity contribution in [1.82, 2.24) is 9.97 Å². The summed E-state index contributed by atoms with van der Waals surface area (Å²) in [6.45, 7) is 0. The molecule has 2 aliphatic rings. The number of primary amides is 1. The summed E-state index contributed by atoms with van der Waals surface area (Å²) in [7, 11) is 0. The van der Waals surface area contributed by atoms with Crippen LogP contribution in [0.5, 0.6) is 0 Å². The van der Waals surface area contributed by atoms with E-state index in [1.807, 2.05) is 6.26 Å². The van der Waals surface area contributed by atoms with Gasteiger partial charge in [-0.2, -0.15) is 0 Å². The highest BCUT2D eigenvalue weighted by molar-refractivity contribution is 7.98. The summed E-state index contributed by atoms with van der Waals surface area (Å²) in [5, 5.41) is 4.69. The minimum atomic E-state index is -0.157. The Bertz CT molecular complexity index is 581. The Labute approximate surface area is 146 Å². The van der Waals surface area contributed by atoms with Crippen LogP contribution in [-0.4, -0.2) is 28.2 Å². The van der Waals surface area contributed by atoms with Gasteiger partial charge in [0.1, 0.15) is 5.03 Å². The van der Waals surface area contributed by atoms with Crippen LogP contribution in [0.2, 0.25) is 5.02 Å². The van der Waals surface area contributed by atoms with E-state index in [1.165, 1.54) is 31.0 Å².